The van der Waals surface area contributed by atoms with E-state index in [0.717, 1.165) is 6.92 Å². The van der Waals surface area contributed by atoms with Crippen molar-refractivity contribution in [3.63, 3.8) is 0 Å². The van der Waals surface area contributed by atoms with Crippen LogP contribution in [0.15, 0.2) is 34.0 Å². The lowest BCUT2D eigenvalue weighted by Gasteiger charge is -2.23. The smallest absolute Gasteiger partial charge is 0.347 e. The summed E-state index contributed by atoms with van der Waals surface area (Å²) >= 11 is 3.47. The van der Waals surface area contributed by atoms with Gasteiger partial charge in [-0.05, 0) is 41.9 Å². The number of hydrogen-bond donors (Lipinski definition) is 0. The number of hydrogen-bond acceptors (Lipinski definition) is 9. The molecule has 2 aromatic rings. The standard InChI is InChI=1S/C21H22BrN5O6/c1-11(33-20(31)12(2)32-14(4)29)19(30)27-10-9-26(13(3)28)21(27)25-15-5-6-16-18(17(15)22)24-8-7-23-16/h5-8,11-12H,9-10H2,1-4H3/b25-21-. The topological polar surface area (TPSA) is 131 Å². The van der Waals surface area contributed by atoms with Crippen LogP contribution in [0.5, 0.6) is 0 Å². The Morgan fingerprint density at radius 1 is 1.00 bits per heavy atom. The van der Waals surface area contributed by atoms with Crippen LogP contribution in [0, 0.1) is 0 Å². The van der Waals surface area contributed by atoms with Gasteiger partial charge in [0.25, 0.3) is 5.91 Å². The Labute approximate surface area is 197 Å². The first-order valence-electron chi connectivity index (χ1n) is 10.0. The lowest BCUT2D eigenvalue weighted by atomic mass is 10.2. The Kier molecular flexibility index (Phi) is 7.36. The number of carbonyl (C=O) groups excluding carboxylic acids is 4. The molecule has 0 radical (unpaired) electrons. The minimum absolute atomic E-state index is 0.104. The van der Waals surface area contributed by atoms with E-state index in [1.807, 2.05) is 0 Å². The number of esters is 2. The van der Waals surface area contributed by atoms with Crippen molar-refractivity contribution in [2.24, 2.45) is 4.99 Å². The number of halogens is 1. The maximum atomic E-state index is 13.1. The van der Waals surface area contributed by atoms with Gasteiger partial charge in [-0.2, -0.15) is 0 Å². The van der Waals surface area contributed by atoms with Gasteiger partial charge in [-0.25, -0.2) is 9.79 Å². The lowest BCUT2D eigenvalue weighted by molar-refractivity contribution is -0.171. The quantitative estimate of drug-likeness (QED) is 0.547. The van der Waals surface area contributed by atoms with E-state index in [2.05, 4.69) is 30.9 Å². The van der Waals surface area contributed by atoms with Gasteiger partial charge in [-0.15, -0.1) is 0 Å². The second kappa shape index (κ2) is 10.0. The van der Waals surface area contributed by atoms with E-state index in [1.165, 1.54) is 30.6 Å². The van der Waals surface area contributed by atoms with Gasteiger partial charge in [-0.1, -0.05) is 0 Å². The molecule has 1 aromatic carbocycles. The number of amides is 2. The predicted octanol–water partition coefficient (Wildman–Crippen LogP) is 1.95. The second-order valence-corrected chi connectivity index (χ2v) is 8.02. The summed E-state index contributed by atoms with van der Waals surface area (Å²) in [4.78, 5) is 64.2. The molecule has 2 amide bonds. The SMILES string of the molecule is CC(=O)OC(C)C(=O)OC(C)C(=O)N1CCN(C(C)=O)/C1=N/c1ccc2nccnc2c1Br. The minimum Gasteiger partial charge on any atom is -0.451 e. The number of benzene rings is 1. The molecule has 2 unspecified atom stereocenters. The number of fused-ring (bicyclic) bond motifs is 1. The number of carbonyl (C=O) groups is 4. The van der Waals surface area contributed by atoms with E-state index in [1.54, 1.807) is 24.5 Å². The predicted molar refractivity (Wildman–Crippen MR) is 120 cm³/mol. The molecule has 2 heterocycles. The summed E-state index contributed by atoms with van der Waals surface area (Å²) in [5, 5.41) is 0. The summed E-state index contributed by atoms with van der Waals surface area (Å²) in [7, 11) is 0. The zero-order valence-electron chi connectivity index (χ0n) is 18.4. The van der Waals surface area contributed by atoms with Gasteiger partial charge in [0.15, 0.2) is 12.2 Å². The van der Waals surface area contributed by atoms with Crippen molar-refractivity contribution in [2.75, 3.05) is 13.1 Å². The minimum atomic E-state index is -1.20. The van der Waals surface area contributed by atoms with Crippen LogP contribution in [0.25, 0.3) is 11.0 Å². The fraction of sp³-hybridized carbons (Fsp3) is 0.381. The normalized spacial score (nSPS) is 16.6. The molecule has 0 bridgehead atoms. The van der Waals surface area contributed by atoms with Gasteiger partial charge in [0.1, 0.15) is 5.52 Å². The molecule has 0 spiro atoms. The molecule has 12 heteroatoms. The monoisotopic (exact) mass is 519 g/mol. The van der Waals surface area contributed by atoms with Crippen molar-refractivity contribution >= 4 is 62.4 Å². The van der Waals surface area contributed by atoms with Crippen LogP contribution < -0.4 is 0 Å². The summed E-state index contributed by atoms with van der Waals surface area (Å²) in [5.74, 6) is -2.27. The molecule has 1 saturated heterocycles. The highest BCUT2D eigenvalue weighted by Crippen LogP contribution is 2.32. The third-order valence-corrected chi connectivity index (χ3v) is 5.55. The number of nitrogens with zero attached hydrogens (tertiary/aromatic N) is 5. The van der Waals surface area contributed by atoms with Crippen LogP contribution in [-0.4, -0.2) is 74.8 Å². The molecule has 1 fully saturated rings. The number of aliphatic imine (C=N–C) groups is 1. The van der Waals surface area contributed by atoms with Gasteiger partial charge in [0.05, 0.1) is 15.7 Å². The first kappa shape index (κ1) is 24.2. The van der Waals surface area contributed by atoms with E-state index in [-0.39, 0.29) is 25.0 Å². The molecule has 0 N–H and O–H groups in total. The summed E-state index contributed by atoms with van der Waals surface area (Å²) < 4.78 is 10.5. The van der Waals surface area contributed by atoms with Gasteiger partial charge < -0.3 is 9.47 Å². The highest BCUT2D eigenvalue weighted by Gasteiger charge is 2.37. The van der Waals surface area contributed by atoms with Crippen LogP contribution in [0.3, 0.4) is 0 Å². The third-order valence-electron chi connectivity index (χ3n) is 4.77. The van der Waals surface area contributed by atoms with Gasteiger partial charge in [-0.3, -0.25) is 34.2 Å². The van der Waals surface area contributed by atoms with Gasteiger partial charge in [0.2, 0.25) is 11.9 Å². The summed E-state index contributed by atoms with van der Waals surface area (Å²) in [6.45, 7) is 5.68. The maximum absolute atomic E-state index is 13.1. The Bertz CT molecular complexity index is 1150. The Hall–Kier alpha value is -3.41. The molecular formula is C21H22BrN5O6. The number of ether oxygens (including phenoxy) is 2. The van der Waals surface area contributed by atoms with Crippen molar-refractivity contribution < 1.29 is 28.7 Å². The third kappa shape index (κ3) is 5.33. The molecule has 0 saturated carbocycles. The highest BCUT2D eigenvalue weighted by molar-refractivity contribution is 9.10. The van der Waals surface area contributed by atoms with Crippen molar-refractivity contribution in [2.45, 2.75) is 39.9 Å². The van der Waals surface area contributed by atoms with Crippen LogP contribution in [-0.2, 0) is 28.7 Å². The number of aromatic nitrogens is 2. The molecule has 33 heavy (non-hydrogen) atoms. The van der Waals surface area contributed by atoms with E-state index >= 15 is 0 Å². The fourth-order valence-corrected chi connectivity index (χ4v) is 3.72. The summed E-state index contributed by atoms with van der Waals surface area (Å²) in [6.07, 6.45) is 0.760. The van der Waals surface area contributed by atoms with Crippen LogP contribution >= 0.6 is 15.9 Å². The second-order valence-electron chi connectivity index (χ2n) is 7.23. The van der Waals surface area contributed by atoms with Crippen molar-refractivity contribution in [1.29, 1.82) is 0 Å². The Morgan fingerprint density at radius 3 is 2.33 bits per heavy atom. The molecular weight excluding hydrogens is 498 g/mol. The average molecular weight is 520 g/mol. The van der Waals surface area contributed by atoms with E-state index in [0.29, 0.717) is 21.2 Å². The number of guanidine groups is 1. The largest absolute Gasteiger partial charge is 0.451 e. The summed E-state index contributed by atoms with van der Waals surface area (Å²) in [6, 6.07) is 3.42. The van der Waals surface area contributed by atoms with Crippen molar-refractivity contribution in [1.82, 2.24) is 19.8 Å². The van der Waals surface area contributed by atoms with Crippen LogP contribution in [0.4, 0.5) is 5.69 Å². The number of rotatable bonds is 5. The average Bonchev–Trinajstić information content (AvgIpc) is 3.18. The van der Waals surface area contributed by atoms with Crippen LogP contribution in [0.1, 0.15) is 27.7 Å². The molecule has 2 atom stereocenters. The Morgan fingerprint density at radius 2 is 1.67 bits per heavy atom. The van der Waals surface area contributed by atoms with Crippen molar-refractivity contribution in [3.05, 3.63) is 29.0 Å². The fourth-order valence-electron chi connectivity index (χ4n) is 3.20. The van der Waals surface area contributed by atoms with Crippen LogP contribution in [0.2, 0.25) is 0 Å². The first-order valence-corrected chi connectivity index (χ1v) is 10.8. The molecule has 1 aromatic heterocycles. The maximum Gasteiger partial charge on any atom is 0.347 e. The zero-order chi connectivity index (χ0) is 24.3. The Balaban J connectivity index is 1.89. The molecule has 1 aliphatic heterocycles. The highest BCUT2D eigenvalue weighted by atomic mass is 79.9. The summed E-state index contributed by atoms with van der Waals surface area (Å²) in [5.41, 5.74) is 1.67. The zero-order valence-corrected chi connectivity index (χ0v) is 20.0. The molecule has 174 valence electrons. The lowest BCUT2D eigenvalue weighted by Crippen LogP contribution is -2.45. The molecule has 3 rings (SSSR count). The first-order chi connectivity index (χ1) is 15.6. The van der Waals surface area contributed by atoms with E-state index in [4.69, 9.17) is 9.47 Å². The van der Waals surface area contributed by atoms with E-state index < -0.39 is 30.1 Å². The van der Waals surface area contributed by atoms with E-state index in [9.17, 15) is 19.2 Å². The molecule has 11 nitrogen and oxygen atoms in total. The van der Waals surface area contributed by atoms with Gasteiger partial charge >= 0.3 is 11.9 Å². The molecule has 1 aliphatic rings. The van der Waals surface area contributed by atoms with Gasteiger partial charge in [0, 0.05) is 39.3 Å². The molecule has 0 aliphatic carbocycles. The van der Waals surface area contributed by atoms with Crippen molar-refractivity contribution in [3.8, 4) is 0 Å².